The minimum Gasteiger partial charge on any atom is -0.496 e. The lowest BCUT2D eigenvalue weighted by Gasteiger charge is -2.25. The summed E-state index contributed by atoms with van der Waals surface area (Å²) in [6.07, 6.45) is -9.53. The maximum atomic E-state index is 13.4. The molecule has 3 atom stereocenters. The molecule has 2 heterocycles. The number of hydrogen-bond acceptors (Lipinski definition) is 6. The van der Waals surface area contributed by atoms with Crippen molar-refractivity contribution in [2.75, 3.05) is 20.3 Å². The van der Waals surface area contributed by atoms with Gasteiger partial charge in [0.05, 0.1) is 13.2 Å². The molecular formula is C27H34F4N4O6. The number of amides is 3. The Morgan fingerprint density at radius 3 is 2.37 bits per heavy atom. The minimum absolute atomic E-state index is 0.0789. The summed E-state index contributed by atoms with van der Waals surface area (Å²) in [5, 5.41) is 8.38. The van der Waals surface area contributed by atoms with Crippen LogP contribution in [0.1, 0.15) is 43.6 Å². The van der Waals surface area contributed by atoms with Crippen molar-refractivity contribution in [2.45, 2.75) is 64.1 Å². The Hall–Kier alpha value is -3.68. The van der Waals surface area contributed by atoms with Crippen LogP contribution >= 0.6 is 0 Å². The Balaban J connectivity index is 1.77. The van der Waals surface area contributed by atoms with E-state index in [0.29, 0.717) is 29.6 Å². The van der Waals surface area contributed by atoms with Gasteiger partial charge in [0.2, 0.25) is 11.8 Å². The maximum absolute atomic E-state index is 13.4. The van der Waals surface area contributed by atoms with Crippen LogP contribution in [0.15, 0.2) is 24.3 Å². The average Bonchev–Trinajstić information content (AvgIpc) is 3.53. The van der Waals surface area contributed by atoms with E-state index in [-0.39, 0.29) is 30.4 Å². The highest BCUT2D eigenvalue weighted by Gasteiger charge is 2.36. The third-order valence-corrected chi connectivity index (χ3v) is 6.72. The lowest BCUT2D eigenvalue weighted by atomic mass is 9.95. The number of H-pyrrole nitrogens is 1. The average molecular weight is 587 g/mol. The van der Waals surface area contributed by atoms with Crippen LogP contribution in [0.4, 0.5) is 17.6 Å². The van der Waals surface area contributed by atoms with E-state index in [1.807, 2.05) is 13.8 Å². The van der Waals surface area contributed by atoms with E-state index < -0.39 is 61.2 Å². The Morgan fingerprint density at radius 2 is 1.78 bits per heavy atom. The zero-order valence-corrected chi connectivity index (χ0v) is 22.8. The van der Waals surface area contributed by atoms with Crippen LogP contribution < -0.4 is 20.7 Å². The van der Waals surface area contributed by atoms with Gasteiger partial charge in [-0.3, -0.25) is 19.2 Å². The largest absolute Gasteiger partial charge is 0.496 e. The lowest BCUT2D eigenvalue weighted by Crippen LogP contribution is -2.53. The first-order chi connectivity index (χ1) is 19.4. The second-order valence-electron chi connectivity index (χ2n) is 10.2. The summed E-state index contributed by atoms with van der Waals surface area (Å²) < 4.78 is 61.4. The van der Waals surface area contributed by atoms with E-state index in [1.54, 1.807) is 24.3 Å². The molecule has 0 saturated carbocycles. The number of rotatable bonds is 15. The number of nitrogens with one attached hydrogen (secondary N) is 4. The minimum atomic E-state index is -3.54. The summed E-state index contributed by atoms with van der Waals surface area (Å²) in [5.41, 5.74) is 0.783. The van der Waals surface area contributed by atoms with Crippen LogP contribution in [0, 0.1) is 11.8 Å². The number of carbonyl (C=O) groups excluding carboxylic acids is 4. The molecule has 1 saturated heterocycles. The zero-order chi connectivity index (χ0) is 30.3. The molecule has 10 nitrogen and oxygen atoms in total. The van der Waals surface area contributed by atoms with Crippen molar-refractivity contribution in [3.8, 4) is 5.75 Å². The molecule has 0 spiro atoms. The van der Waals surface area contributed by atoms with E-state index in [1.165, 1.54) is 7.11 Å². The van der Waals surface area contributed by atoms with Crippen molar-refractivity contribution < 1.29 is 46.2 Å². The molecule has 1 aromatic heterocycles. The van der Waals surface area contributed by atoms with Gasteiger partial charge in [0.15, 0.2) is 11.9 Å². The van der Waals surface area contributed by atoms with Crippen LogP contribution in [0.5, 0.6) is 5.75 Å². The van der Waals surface area contributed by atoms with Crippen LogP contribution in [0.25, 0.3) is 10.9 Å². The number of aromatic nitrogens is 1. The fourth-order valence-corrected chi connectivity index (χ4v) is 4.60. The summed E-state index contributed by atoms with van der Waals surface area (Å²) in [7, 11) is 1.49. The molecule has 0 aliphatic carbocycles. The molecule has 1 aromatic carbocycles. The molecule has 0 radical (unpaired) electrons. The smallest absolute Gasteiger partial charge is 0.270 e. The molecule has 0 bridgehead atoms. The third-order valence-electron chi connectivity index (χ3n) is 6.72. The van der Waals surface area contributed by atoms with Gasteiger partial charge in [-0.05, 0) is 43.4 Å². The van der Waals surface area contributed by atoms with Gasteiger partial charge in [0.1, 0.15) is 24.1 Å². The predicted molar refractivity (Wildman–Crippen MR) is 140 cm³/mol. The van der Waals surface area contributed by atoms with Crippen LogP contribution in [0.2, 0.25) is 0 Å². The van der Waals surface area contributed by atoms with Crippen molar-refractivity contribution in [3.63, 3.8) is 0 Å². The fourth-order valence-electron chi connectivity index (χ4n) is 4.60. The number of ketones is 1. The van der Waals surface area contributed by atoms with Crippen molar-refractivity contribution in [1.29, 1.82) is 0 Å². The summed E-state index contributed by atoms with van der Waals surface area (Å²) in [4.78, 5) is 54.5. The van der Waals surface area contributed by atoms with E-state index >= 15 is 0 Å². The highest BCUT2D eigenvalue weighted by atomic mass is 19.3. The van der Waals surface area contributed by atoms with Gasteiger partial charge in [-0.1, -0.05) is 19.9 Å². The SMILES string of the molecule is COc1cccc2[nH]c(C(=O)NC(CC(C)C)C(=O)NC(CC3CCNC3=O)C(=O)COC(C(F)F)C(F)F)cc12. The number of halogens is 4. The number of alkyl halides is 4. The van der Waals surface area contributed by atoms with E-state index in [0.717, 1.165) is 0 Å². The Labute approximate surface area is 233 Å². The number of methoxy groups -OCH3 is 1. The number of fused-ring (bicyclic) bond motifs is 1. The van der Waals surface area contributed by atoms with E-state index in [4.69, 9.17) is 4.74 Å². The quantitative estimate of drug-likeness (QED) is 0.237. The van der Waals surface area contributed by atoms with Crippen LogP contribution in [0.3, 0.4) is 0 Å². The fraction of sp³-hybridized carbons (Fsp3) is 0.556. The standard InChI is InChI=1S/C27H34F4N4O6/c1-13(2)9-18(35-27(39)19-11-15-16(33-19)5-4-6-21(15)40-3)26(38)34-17(10-14-7-8-32-25(14)37)20(36)12-41-22(23(28)29)24(30)31/h4-6,11,13-14,17-18,22-24,33H,7-10,12H2,1-3H3,(H,32,37)(H,34,38)(H,35,39). The maximum Gasteiger partial charge on any atom is 0.270 e. The van der Waals surface area contributed by atoms with Gasteiger partial charge in [0, 0.05) is 23.4 Å². The number of aromatic amines is 1. The van der Waals surface area contributed by atoms with Gasteiger partial charge >= 0.3 is 0 Å². The Morgan fingerprint density at radius 1 is 1.07 bits per heavy atom. The van der Waals surface area contributed by atoms with Gasteiger partial charge in [-0.25, -0.2) is 17.6 Å². The van der Waals surface area contributed by atoms with Crippen LogP contribution in [-0.4, -0.2) is 79.8 Å². The van der Waals surface area contributed by atoms with Gasteiger partial charge < -0.3 is 30.4 Å². The number of carbonyl (C=O) groups is 4. The van der Waals surface area contributed by atoms with Crippen LogP contribution in [-0.2, 0) is 19.1 Å². The first-order valence-corrected chi connectivity index (χ1v) is 13.2. The number of benzene rings is 1. The first kappa shape index (κ1) is 31.8. The molecule has 1 fully saturated rings. The molecule has 3 unspecified atom stereocenters. The molecule has 1 aliphatic heterocycles. The molecule has 226 valence electrons. The summed E-state index contributed by atoms with van der Waals surface area (Å²) >= 11 is 0. The molecule has 2 aromatic rings. The molecular weight excluding hydrogens is 552 g/mol. The predicted octanol–water partition coefficient (Wildman–Crippen LogP) is 2.82. The highest BCUT2D eigenvalue weighted by molar-refractivity contribution is 6.02. The van der Waals surface area contributed by atoms with Gasteiger partial charge in [0.25, 0.3) is 18.8 Å². The van der Waals surface area contributed by atoms with Gasteiger partial charge in [-0.2, -0.15) is 0 Å². The molecule has 41 heavy (non-hydrogen) atoms. The second kappa shape index (κ2) is 14.3. The van der Waals surface area contributed by atoms with E-state index in [2.05, 4.69) is 25.7 Å². The van der Waals surface area contributed by atoms with Gasteiger partial charge in [-0.15, -0.1) is 0 Å². The van der Waals surface area contributed by atoms with E-state index in [9.17, 15) is 36.7 Å². The molecule has 4 N–H and O–H groups in total. The zero-order valence-electron chi connectivity index (χ0n) is 22.8. The summed E-state index contributed by atoms with van der Waals surface area (Å²) in [6.45, 7) is 2.84. The number of hydrogen-bond donors (Lipinski definition) is 4. The number of Topliss-reactive ketones (excluding diaryl/α,β-unsaturated/α-hetero) is 1. The van der Waals surface area contributed by atoms with Crippen molar-refractivity contribution >= 4 is 34.4 Å². The first-order valence-electron chi connectivity index (χ1n) is 13.2. The van der Waals surface area contributed by atoms with Crippen molar-refractivity contribution in [3.05, 3.63) is 30.0 Å². The van der Waals surface area contributed by atoms with Crippen molar-refractivity contribution in [2.24, 2.45) is 11.8 Å². The molecule has 3 rings (SSSR count). The van der Waals surface area contributed by atoms with Crippen molar-refractivity contribution in [1.82, 2.24) is 20.9 Å². The highest BCUT2D eigenvalue weighted by Crippen LogP contribution is 2.26. The molecule has 1 aliphatic rings. The third kappa shape index (κ3) is 8.41. The summed E-state index contributed by atoms with van der Waals surface area (Å²) in [6, 6.07) is 4.25. The second-order valence-corrected chi connectivity index (χ2v) is 10.2. The topological polar surface area (TPSA) is 139 Å². The molecule has 3 amide bonds. The lowest BCUT2D eigenvalue weighted by molar-refractivity contribution is -0.148. The molecule has 14 heteroatoms. The Kier molecular flexibility index (Phi) is 11.1. The number of ether oxygens (including phenoxy) is 2. The Bertz CT molecular complexity index is 1230. The monoisotopic (exact) mass is 586 g/mol. The summed E-state index contributed by atoms with van der Waals surface area (Å²) in [5.74, 6) is -2.91. The normalized spacial score (nSPS) is 16.9.